The molecule has 0 bridgehead atoms. The van der Waals surface area contributed by atoms with Gasteiger partial charge in [0.15, 0.2) is 0 Å². The van der Waals surface area contributed by atoms with Gasteiger partial charge in [0.2, 0.25) is 0 Å². The summed E-state index contributed by atoms with van der Waals surface area (Å²) in [6, 6.07) is 0. The zero-order valence-electron chi connectivity index (χ0n) is 10.9. The first kappa shape index (κ1) is 15.1. The number of rotatable bonds is 4. The summed E-state index contributed by atoms with van der Waals surface area (Å²) >= 11 is 3.06. The Morgan fingerprint density at radius 2 is 2.06 bits per heavy atom. The lowest BCUT2D eigenvalue weighted by Gasteiger charge is -2.21. The number of hydrogen-bond acceptors (Lipinski definition) is 4. The van der Waals surface area contributed by atoms with Crippen LogP contribution in [0.5, 0.6) is 0 Å². The van der Waals surface area contributed by atoms with E-state index in [1.807, 2.05) is 0 Å². The van der Waals surface area contributed by atoms with Crippen LogP contribution in [-0.2, 0) is 19.2 Å². The van der Waals surface area contributed by atoms with Crippen LogP contribution in [0.3, 0.4) is 0 Å². The molecule has 0 N–H and O–H groups in total. The Bertz CT molecular complexity index is 362. The van der Waals surface area contributed by atoms with Crippen LogP contribution in [0, 0.1) is 11.3 Å². The van der Waals surface area contributed by atoms with Gasteiger partial charge in [-0.3, -0.25) is 9.59 Å². The summed E-state index contributed by atoms with van der Waals surface area (Å²) in [5, 5.41) is 1.33. The van der Waals surface area contributed by atoms with Crippen LogP contribution in [0.1, 0.15) is 33.6 Å². The highest BCUT2D eigenvalue weighted by molar-refractivity contribution is 9.09. The molecule has 0 aromatic rings. The van der Waals surface area contributed by atoms with Crippen LogP contribution in [0.15, 0.2) is 0 Å². The van der Waals surface area contributed by atoms with Gasteiger partial charge in [-0.15, -0.1) is 0 Å². The number of hydrogen-bond donors (Lipinski definition) is 0. The first-order valence-electron chi connectivity index (χ1n) is 5.87. The average molecular weight is 320 g/mol. The fourth-order valence-electron chi connectivity index (χ4n) is 1.56. The molecule has 1 aliphatic heterocycles. The highest BCUT2D eigenvalue weighted by atomic mass is 79.9. The maximum absolute atomic E-state index is 11.9. The van der Waals surface area contributed by atoms with Gasteiger partial charge < -0.3 is 4.84 Å². The molecule has 5 nitrogen and oxygen atoms in total. The van der Waals surface area contributed by atoms with Crippen molar-refractivity contribution in [3.8, 4) is 0 Å². The van der Waals surface area contributed by atoms with Crippen LogP contribution < -0.4 is 0 Å². The fourth-order valence-corrected chi connectivity index (χ4v) is 1.79. The molecule has 1 atom stereocenters. The zero-order chi connectivity index (χ0) is 13.9. The molecule has 0 saturated carbocycles. The highest BCUT2D eigenvalue weighted by Gasteiger charge is 2.37. The van der Waals surface area contributed by atoms with E-state index in [2.05, 4.69) is 15.9 Å². The molecule has 1 amide bonds. The highest BCUT2D eigenvalue weighted by Crippen LogP contribution is 2.24. The topological polar surface area (TPSA) is 63.7 Å². The van der Waals surface area contributed by atoms with Crippen molar-refractivity contribution < 1.29 is 19.2 Å². The molecule has 18 heavy (non-hydrogen) atoms. The van der Waals surface area contributed by atoms with Crippen molar-refractivity contribution in [2.75, 3.05) is 11.9 Å². The number of alkyl halides is 1. The summed E-state index contributed by atoms with van der Waals surface area (Å²) in [5.74, 6) is -1.09. The quantitative estimate of drug-likeness (QED) is 0.740. The molecule has 1 aliphatic rings. The molecular weight excluding hydrogens is 302 g/mol. The van der Waals surface area contributed by atoms with Crippen molar-refractivity contribution in [2.24, 2.45) is 11.3 Å². The third-order valence-corrected chi connectivity index (χ3v) is 3.33. The maximum Gasteiger partial charge on any atom is 0.337 e. The van der Waals surface area contributed by atoms with Crippen LogP contribution >= 0.6 is 15.9 Å². The lowest BCUT2D eigenvalue weighted by atomic mass is 9.98. The van der Waals surface area contributed by atoms with Gasteiger partial charge >= 0.3 is 5.97 Å². The van der Waals surface area contributed by atoms with E-state index >= 15 is 0 Å². The maximum atomic E-state index is 11.9. The van der Waals surface area contributed by atoms with E-state index in [9.17, 15) is 14.4 Å². The minimum Gasteiger partial charge on any atom is -0.338 e. The Labute approximate surface area is 115 Å². The van der Waals surface area contributed by atoms with Crippen LogP contribution in [0.4, 0.5) is 0 Å². The molecule has 1 heterocycles. The third-order valence-electron chi connectivity index (χ3n) is 2.70. The molecule has 0 aromatic heterocycles. The molecule has 0 radical (unpaired) electrons. The Balaban J connectivity index is 2.55. The molecule has 102 valence electrons. The Hall–Kier alpha value is -0.910. The number of hydroxylamine groups is 2. The molecule has 1 saturated heterocycles. The van der Waals surface area contributed by atoms with Crippen molar-refractivity contribution in [1.82, 2.24) is 5.06 Å². The number of carbonyl (C=O) groups is 3. The standard InChI is InChI=1S/C12H18BrNO4/c1-12(2,3)11(17)18-14-5-4-8(10(14)16)6-9(15)7-13/h8H,4-7H2,1-3H3. The Morgan fingerprint density at radius 3 is 2.56 bits per heavy atom. The van der Waals surface area contributed by atoms with Gasteiger partial charge in [-0.25, -0.2) is 4.79 Å². The number of amides is 1. The first-order valence-corrected chi connectivity index (χ1v) is 6.99. The summed E-state index contributed by atoms with van der Waals surface area (Å²) in [6.07, 6.45) is 0.753. The van der Waals surface area contributed by atoms with Gasteiger partial charge in [-0.05, 0) is 27.2 Å². The van der Waals surface area contributed by atoms with Crippen molar-refractivity contribution >= 4 is 33.6 Å². The summed E-state index contributed by atoms with van der Waals surface area (Å²) in [4.78, 5) is 39.9. The number of nitrogens with zero attached hydrogens (tertiary/aromatic N) is 1. The number of ketones is 1. The molecule has 0 aromatic carbocycles. The van der Waals surface area contributed by atoms with Crippen molar-refractivity contribution in [3.63, 3.8) is 0 Å². The van der Waals surface area contributed by atoms with E-state index in [0.717, 1.165) is 5.06 Å². The minimum absolute atomic E-state index is 0.0163. The molecule has 0 spiro atoms. The zero-order valence-corrected chi connectivity index (χ0v) is 12.4. The van der Waals surface area contributed by atoms with Crippen LogP contribution in [0.25, 0.3) is 0 Å². The normalized spacial score (nSPS) is 20.1. The second-order valence-corrected chi connectivity index (χ2v) is 5.99. The Kier molecular flexibility index (Phi) is 4.90. The van der Waals surface area contributed by atoms with Crippen LogP contribution in [-0.4, -0.2) is 34.6 Å². The van der Waals surface area contributed by atoms with E-state index in [-0.39, 0.29) is 29.4 Å². The van der Waals surface area contributed by atoms with Gasteiger partial charge in [0.1, 0.15) is 5.78 Å². The summed E-state index contributed by atoms with van der Waals surface area (Å²) in [6.45, 7) is 5.53. The fraction of sp³-hybridized carbons (Fsp3) is 0.750. The predicted octanol–water partition coefficient (Wildman–Crippen LogP) is 1.69. The van der Waals surface area contributed by atoms with Gasteiger partial charge in [0, 0.05) is 12.3 Å². The molecule has 1 unspecified atom stereocenters. The smallest absolute Gasteiger partial charge is 0.337 e. The van der Waals surface area contributed by atoms with E-state index in [0.29, 0.717) is 13.0 Å². The molecular formula is C12H18BrNO4. The first-order chi connectivity index (χ1) is 8.25. The second kappa shape index (κ2) is 5.82. The van der Waals surface area contributed by atoms with E-state index < -0.39 is 11.4 Å². The van der Waals surface area contributed by atoms with Crippen molar-refractivity contribution in [2.45, 2.75) is 33.6 Å². The van der Waals surface area contributed by atoms with E-state index in [1.54, 1.807) is 20.8 Å². The summed E-state index contributed by atoms with van der Waals surface area (Å²) in [7, 11) is 0. The van der Waals surface area contributed by atoms with Crippen LogP contribution in [0.2, 0.25) is 0 Å². The van der Waals surface area contributed by atoms with Crippen molar-refractivity contribution in [3.05, 3.63) is 0 Å². The molecule has 6 heteroatoms. The number of Topliss-reactive ketones (excluding diaryl/α,β-unsaturated/α-hetero) is 1. The molecule has 0 aliphatic carbocycles. The Morgan fingerprint density at radius 1 is 1.44 bits per heavy atom. The van der Waals surface area contributed by atoms with E-state index in [1.165, 1.54) is 0 Å². The minimum atomic E-state index is -0.649. The monoisotopic (exact) mass is 319 g/mol. The molecule has 1 fully saturated rings. The van der Waals surface area contributed by atoms with E-state index in [4.69, 9.17) is 4.84 Å². The number of carbonyl (C=O) groups excluding carboxylic acids is 3. The predicted molar refractivity (Wildman–Crippen MR) is 68.8 cm³/mol. The second-order valence-electron chi connectivity index (χ2n) is 5.43. The number of halogens is 1. The van der Waals surface area contributed by atoms with Gasteiger partial charge in [0.05, 0.1) is 17.3 Å². The van der Waals surface area contributed by atoms with Gasteiger partial charge in [-0.2, -0.15) is 5.06 Å². The molecule has 1 rings (SSSR count). The lowest BCUT2D eigenvalue weighted by Crippen LogP contribution is -2.35. The SMILES string of the molecule is CC(C)(C)C(=O)ON1CCC(CC(=O)CBr)C1=O. The largest absolute Gasteiger partial charge is 0.338 e. The average Bonchev–Trinajstić information content (AvgIpc) is 2.60. The van der Waals surface area contributed by atoms with Gasteiger partial charge in [0.25, 0.3) is 5.91 Å². The third kappa shape index (κ3) is 3.80. The summed E-state index contributed by atoms with van der Waals surface area (Å²) < 4.78 is 0. The summed E-state index contributed by atoms with van der Waals surface area (Å²) in [5.41, 5.74) is -0.649. The van der Waals surface area contributed by atoms with Crippen molar-refractivity contribution in [1.29, 1.82) is 0 Å². The lowest BCUT2D eigenvalue weighted by molar-refractivity contribution is -0.201. The van der Waals surface area contributed by atoms with Gasteiger partial charge in [-0.1, -0.05) is 15.9 Å².